The Morgan fingerprint density at radius 3 is 2.33 bits per heavy atom. The molecule has 0 spiro atoms. The lowest BCUT2D eigenvalue weighted by atomic mass is 10.1. The van der Waals surface area contributed by atoms with E-state index in [9.17, 15) is 34.8 Å². The SMILES string of the molecule is Cn1cc(-c2ccc(S(=O)(=O)[C@H]3CC[C@H](OC4CCS(=O)(=O)CC4)C3)c(C(F)(F)F)c2)cn1.N#CC1(NC(=O)O)CC1. The van der Waals surface area contributed by atoms with Crippen LogP contribution in [0.15, 0.2) is 35.5 Å². The first-order chi connectivity index (χ1) is 19.5. The third-order valence-electron chi connectivity index (χ3n) is 7.60. The van der Waals surface area contributed by atoms with Crippen LogP contribution in [-0.2, 0) is 37.6 Å². The summed E-state index contributed by atoms with van der Waals surface area (Å²) in [5.41, 5.74) is -1.23. The molecule has 1 amide bonds. The molecular formula is C26H31F3N4O7S2. The Kier molecular flexibility index (Phi) is 8.96. The number of nitriles is 1. The quantitative estimate of drug-likeness (QED) is 0.482. The number of carboxylic acid groups (broad SMARTS) is 1. The lowest BCUT2D eigenvalue weighted by Gasteiger charge is -2.25. The van der Waals surface area contributed by atoms with Crippen LogP contribution in [0.5, 0.6) is 0 Å². The zero-order valence-corrected chi connectivity index (χ0v) is 24.3. The monoisotopic (exact) mass is 632 g/mol. The molecule has 2 aliphatic carbocycles. The molecule has 3 fully saturated rings. The first-order valence-electron chi connectivity index (χ1n) is 13.3. The average Bonchev–Trinajstić information content (AvgIpc) is 3.28. The van der Waals surface area contributed by atoms with Crippen molar-refractivity contribution in [2.24, 2.45) is 7.05 Å². The minimum atomic E-state index is -4.84. The van der Waals surface area contributed by atoms with Crippen LogP contribution >= 0.6 is 0 Å². The molecule has 1 saturated heterocycles. The minimum Gasteiger partial charge on any atom is -0.465 e. The van der Waals surface area contributed by atoms with E-state index in [-0.39, 0.29) is 36.0 Å². The summed E-state index contributed by atoms with van der Waals surface area (Å²) in [4.78, 5) is 9.23. The highest BCUT2D eigenvalue weighted by Crippen LogP contribution is 2.41. The molecule has 1 aromatic carbocycles. The van der Waals surface area contributed by atoms with Gasteiger partial charge in [-0.2, -0.15) is 23.5 Å². The number of rotatable bonds is 6. The summed E-state index contributed by atoms with van der Waals surface area (Å²) in [5.74, 6) is 0.0642. The second-order valence-electron chi connectivity index (χ2n) is 10.8. The van der Waals surface area contributed by atoms with E-state index in [0.717, 1.165) is 12.1 Å². The fraction of sp³-hybridized carbons (Fsp3) is 0.577. The molecule has 16 heteroatoms. The van der Waals surface area contributed by atoms with Gasteiger partial charge in [0, 0.05) is 18.8 Å². The van der Waals surface area contributed by atoms with Gasteiger partial charge in [0.05, 0.1) is 51.7 Å². The van der Waals surface area contributed by atoms with Crippen LogP contribution in [0.4, 0.5) is 18.0 Å². The largest absolute Gasteiger partial charge is 0.465 e. The van der Waals surface area contributed by atoms with Crippen molar-refractivity contribution < 1.29 is 44.6 Å². The maximum absolute atomic E-state index is 13.9. The number of halogens is 3. The summed E-state index contributed by atoms with van der Waals surface area (Å²) in [6.07, 6.45) is -0.992. The Bertz CT molecular complexity index is 1570. The highest BCUT2D eigenvalue weighted by atomic mass is 32.2. The first kappa shape index (κ1) is 31.8. The van der Waals surface area contributed by atoms with Gasteiger partial charge in [0.1, 0.15) is 5.54 Å². The molecule has 1 aromatic heterocycles. The van der Waals surface area contributed by atoms with Gasteiger partial charge in [-0.15, -0.1) is 0 Å². The highest BCUT2D eigenvalue weighted by Gasteiger charge is 2.45. The molecular weight excluding hydrogens is 601 g/mol. The van der Waals surface area contributed by atoms with E-state index in [0.29, 0.717) is 37.7 Å². The normalized spacial score (nSPS) is 23.3. The van der Waals surface area contributed by atoms with Crippen LogP contribution in [-0.4, -0.2) is 72.3 Å². The number of sulfone groups is 2. The molecule has 5 rings (SSSR count). The van der Waals surface area contributed by atoms with Gasteiger partial charge in [0.25, 0.3) is 0 Å². The Balaban J connectivity index is 0.000000385. The minimum absolute atomic E-state index is 0.0321. The predicted molar refractivity (Wildman–Crippen MR) is 144 cm³/mol. The second kappa shape index (κ2) is 11.8. The Morgan fingerprint density at radius 2 is 1.83 bits per heavy atom. The molecule has 230 valence electrons. The molecule has 2 atom stereocenters. The summed E-state index contributed by atoms with van der Waals surface area (Å²) < 4.78 is 98.5. The number of hydrogen-bond donors (Lipinski definition) is 2. The van der Waals surface area contributed by atoms with Crippen LogP contribution in [0.3, 0.4) is 0 Å². The number of benzene rings is 1. The maximum Gasteiger partial charge on any atom is 0.417 e. The molecule has 0 bridgehead atoms. The van der Waals surface area contributed by atoms with Crippen molar-refractivity contribution >= 4 is 25.8 Å². The zero-order chi connectivity index (χ0) is 30.9. The first-order valence-corrected chi connectivity index (χ1v) is 16.6. The van der Waals surface area contributed by atoms with Crippen LogP contribution < -0.4 is 5.32 Å². The topological polar surface area (TPSA) is 168 Å². The second-order valence-corrected chi connectivity index (χ2v) is 15.3. The smallest absolute Gasteiger partial charge is 0.417 e. The molecule has 0 radical (unpaired) electrons. The molecule has 11 nitrogen and oxygen atoms in total. The number of alkyl halides is 3. The van der Waals surface area contributed by atoms with Crippen molar-refractivity contribution in [3.8, 4) is 17.2 Å². The lowest BCUT2D eigenvalue weighted by Crippen LogP contribution is -2.33. The fourth-order valence-electron chi connectivity index (χ4n) is 5.11. The van der Waals surface area contributed by atoms with Crippen LogP contribution in [0.1, 0.15) is 50.5 Å². The van der Waals surface area contributed by atoms with Crippen LogP contribution in [0, 0.1) is 11.3 Å². The van der Waals surface area contributed by atoms with Crippen LogP contribution in [0.25, 0.3) is 11.1 Å². The Hall–Kier alpha value is -3.16. The molecule has 0 unspecified atom stereocenters. The number of hydrogen-bond acceptors (Lipinski definition) is 8. The third kappa shape index (κ3) is 7.61. The molecule has 2 N–H and O–H groups in total. The van der Waals surface area contributed by atoms with Gasteiger partial charge in [0.2, 0.25) is 0 Å². The molecule has 2 saturated carbocycles. The van der Waals surface area contributed by atoms with E-state index in [2.05, 4.69) is 10.4 Å². The van der Waals surface area contributed by atoms with Crippen molar-refractivity contribution in [3.63, 3.8) is 0 Å². The van der Waals surface area contributed by atoms with Crippen molar-refractivity contribution in [2.45, 2.75) is 79.0 Å². The third-order valence-corrected chi connectivity index (χ3v) is 11.6. The Labute approximate surface area is 241 Å². The van der Waals surface area contributed by atoms with E-state index < -0.39 is 59.3 Å². The Morgan fingerprint density at radius 1 is 1.17 bits per heavy atom. The van der Waals surface area contributed by atoms with Crippen LogP contribution in [0.2, 0.25) is 0 Å². The van der Waals surface area contributed by atoms with Crippen molar-refractivity contribution in [3.05, 3.63) is 36.2 Å². The number of aromatic nitrogens is 2. The summed E-state index contributed by atoms with van der Waals surface area (Å²) >= 11 is 0. The average molecular weight is 633 g/mol. The van der Waals surface area contributed by atoms with E-state index >= 15 is 0 Å². The lowest BCUT2D eigenvalue weighted by molar-refractivity contribution is -0.139. The number of ether oxygens (including phenoxy) is 1. The van der Waals surface area contributed by atoms with Gasteiger partial charge in [-0.05, 0) is 62.6 Å². The molecule has 3 aliphatic rings. The van der Waals surface area contributed by atoms with Crippen molar-refractivity contribution in [2.75, 3.05) is 11.5 Å². The van der Waals surface area contributed by atoms with Crippen molar-refractivity contribution in [1.29, 1.82) is 5.26 Å². The maximum atomic E-state index is 13.9. The van der Waals surface area contributed by atoms with Gasteiger partial charge < -0.3 is 15.2 Å². The van der Waals surface area contributed by atoms with E-state index in [4.69, 9.17) is 15.1 Å². The fourth-order valence-corrected chi connectivity index (χ4v) is 8.57. The molecule has 42 heavy (non-hydrogen) atoms. The van der Waals surface area contributed by atoms with E-state index in [1.807, 2.05) is 6.07 Å². The highest BCUT2D eigenvalue weighted by molar-refractivity contribution is 7.92. The number of nitrogens with zero attached hydrogens (tertiary/aromatic N) is 3. The van der Waals surface area contributed by atoms with E-state index in [1.54, 1.807) is 13.2 Å². The van der Waals surface area contributed by atoms with Gasteiger partial charge in [-0.3, -0.25) is 4.68 Å². The summed E-state index contributed by atoms with van der Waals surface area (Å²) in [6, 6.07) is 5.14. The summed E-state index contributed by atoms with van der Waals surface area (Å²) in [5, 5.41) is 21.6. The van der Waals surface area contributed by atoms with Gasteiger partial charge in [-0.25, -0.2) is 21.6 Å². The predicted octanol–water partition coefficient (Wildman–Crippen LogP) is 3.70. The van der Waals surface area contributed by atoms with E-state index in [1.165, 1.54) is 16.9 Å². The van der Waals surface area contributed by atoms with Gasteiger partial charge in [-0.1, -0.05) is 6.07 Å². The summed E-state index contributed by atoms with van der Waals surface area (Å²) in [6.45, 7) is 0. The number of nitrogens with one attached hydrogen (secondary N) is 1. The standard InChI is InChI=1S/C21H25F3N2O5S2.C5H6N2O2/c1-26-13-15(12-25-26)14-2-5-20(19(10-14)21(22,23)24)33(29,30)18-4-3-17(11-18)31-16-6-8-32(27,28)9-7-16;6-3-5(1-2-5)7-4(8)9/h2,5,10,12-13,16-18H,3-4,6-9,11H2,1H3;7H,1-2H2,(H,8,9)/t17-,18-;/m0./s1. The molecule has 2 aromatic rings. The number of amides is 1. The molecule has 1 aliphatic heterocycles. The zero-order valence-electron chi connectivity index (χ0n) is 22.7. The van der Waals surface area contributed by atoms with Crippen molar-refractivity contribution in [1.82, 2.24) is 15.1 Å². The van der Waals surface area contributed by atoms with Gasteiger partial charge >= 0.3 is 12.3 Å². The molecule has 2 heterocycles. The number of aryl methyl sites for hydroxylation is 1. The summed E-state index contributed by atoms with van der Waals surface area (Å²) in [7, 11) is -5.67. The number of carbonyl (C=O) groups is 1. The van der Waals surface area contributed by atoms with Gasteiger partial charge in [0.15, 0.2) is 19.7 Å².